The van der Waals surface area contributed by atoms with E-state index in [0.717, 1.165) is 46.9 Å². The van der Waals surface area contributed by atoms with Crippen molar-refractivity contribution >= 4 is 65.2 Å². The number of hydrogen-bond donors (Lipinski definition) is 6. The SMILES string of the molecule is CC(=O)C(CC(=O)NCCNC(=O)CCN1C(=O)C=CC1=O)CC(=O)NCCNC(=O)CCN1C(=O)C=CC1=O.CCCCOC(COC(=O)NCC)COC(=O)NCC. The molecule has 0 atom stereocenters. The Labute approximate surface area is 348 Å². The molecule has 2 aliphatic heterocycles. The largest absolute Gasteiger partial charge is 0.447 e. The first-order valence-electron chi connectivity index (χ1n) is 19.7. The van der Waals surface area contributed by atoms with Crippen LogP contribution in [0, 0.1) is 5.92 Å². The molecule has 0 fully saturated rings. The van der Waals surface area contributed by atoms with Gasteiger partial charge in [-0.05, 0) is 27.2 Å². The molecule has 0 radical (unpaired) electrons. The number of ketones is 1. The van der Waals surface area contributed by atoms with Crippen LogP contribution in [0.15, 0.2) is 24.3 Å². The van der Waals surface area contributed by atoms with Crippen molar-refractivity contribution in [1.29, 1.82) is 0 Å². The van der Waals surface area contributed by atoms with Crippen molar-refractivity contribution in [2.45, 2.75) is 72.3 Å². The summed E-state index contributed by atoms with van der Waals surface area (Å²) in [4.78, 5) is 130. The van der Waals surface area contributed by atoms with Gasteiger partial charge in [0.25, 0.3) is 23.6 Å². The van der Waals surface area contributed by atoms with Gasteiger partial charge in [0.05, 0.1) is 0 Å². The van der Waals surface area contributed by atoms with Gasteiger partial charge in [-0.15, -0.1) is 0 Å². The molecule has 0 saturated heterocycles. The molecule has 2 heterocycles. The number of rotatable bonds is 27. The summed E-state index contributed by atoms with van der Waals surface area (Å²) < 4.78 is 15.5. The summed E-state index contributed by atoms with van der Waals surface area (Å²) >= 11 is 0. The highest BCUT2D eigenvalue weighted by Gasteiger charge is 2.25. The zero-order chi connectivity index (χ0) is 44.9. The molecule has 0 spiro atoms. The van der Waals surface area contributed by atoms with Crippen LogP contribution in [0.1, 0.15) is 66.2 Å². The number of hydrogen-bond acceptors (Lipinski definition) is 14. The second-order valence-corrected chi connectivity index (χ2v) is 13.0. The molecule has 0 aromatic heterocycles. The van der Waals surface area contributed by atoms with Gasteiger partial charge >= 0.3 is 12.2 Å². The zero-order valence-electron chi connectivity index (χ0n) is 34.6. The van der Waals surface area contributed by atoms with Crippen LogP contribution in [0.5, 0.6) is 0 Å². The molecule has 2 rings (SSSR count). The van der Waals surface area contributed by atoms with E-state index in [1.54, 1.807) is 13.8 Å². The molecule has 22 heteroatoms. The molecule has 6 N–H and O–H groups in total. The molecule has 0 aromatic carbocycles. The number of carbonyl (C=O) groups excluding carboxylic acids is 11. The maximum atomic E-state index is 12.2. The van der Waals surface area contributed by atoms with E-state index in [2.05, 4.69) is 38.8 Å². The van der Waals surface area contributed by atoms with Crippen molar-refractivity contribution in [3.8, 4) is 0 Å². The standard InChI is InChI=1S/C25H32N6O9.C13H26N2O5/c1-16(32)17(14-20(35)28-10-8-26-18(33)6-12-30-22(37)2-3-23(30)38)15-21(36)29-11-9-27-19(34)7-13-31-24(39)4-5-25(31)40;1-4-7-8-18-11(9-19-12(16)14-5-2)10-20-13(17)15-6-3/h2-5,17H,6-15H2,1H3,(H,26,33)(H,27,34)(H,28,35)(H,29,36);11H,4-10H2,1-3H3,(H,14,16)(H,15,17). The number of Topliss-reactive ketones (excluding diaryl/α,β-unsaturated/α-hetero) is 1. The Hall–Kier alpha value is -6.19. The summed E-state index contributed by atoms with van der Waals surface area (Å²) in [7, 11) is 0. The van der Waals surface area contributed by atoms with Crippen LogP contribution < -0.4 is 31.9 Å². The van der Waals surface area contributed by atoms with E-state index < -0.39 is 71.5 Å². The van der Waals surface area contributed by atoms with Crippen LogP contribution >= 0.6 is 0 Å². The second kappa shape index (κ2) is 29.9. The predicted molar refractivity (Wildman–Crippen MR) is 211 cm³/mol. The predicted octanol–water partition coefficient (Wildman–Crippen LogP) is -1.27. The summed E-state index contributed by atoms with van der Waals surface area (Å²) in [5.74, 6) is -4.94. The average Bonchev–Trinajstić information content (AvgIpc) is 3.70. The number of ether oxygens (including phenoxy) is 3. The second-order valence-electron chi connectivity index (χ2n) is 13.0. The first kappa shape index (κ1) is 51.8. The van der Waals surface area contributed by atoms with Gasteiger partial charge in [-0.25, -0.2) is 9.59 Å². The highest BCUT2D eigenvalue weighted by atomic mass is 16.6. The monoisotopic (exact) mass is 850 g/mol. The molecule has 2 aliphatic rings. The quantitative estimate of drug-likeness (QED) is 0.0415. The molecule has 22 nitrogen and oxygen atoms in total. The summed E-state index contributed by atoms with van der Waals surface area (Å²) in [5.41, 5.74) is 0. The number of nitrogens with zero attached hydrogens (tertiary/aromatic N) is 2. The van der Waals surface area contributed by atoms with Gasteiger partial charge in [0.15, 0.2) is 0 Å². The van der Waals surface area contributed by atoms with Gasteiger partial charge in [0, 0.05) is 115 Å². The Morgan fingerprint density at radius 1 is 0.567 bits per heavy atom. The van der Waals surface area contributed by atoms with E-state index in [9.17, 15) is 52.7 Å². The van der Waals surface area contributed by atoms with Gasteiger partial charge in [-0.3, -0.25) is 53.0 Å². The van der Waals surface area contributed by atoms with Crippen LogP contribution in [0.4, 0.5) is 9.59 Å². The lowest BCUT2D eigenvalue weighted by Gasteiger charge is -2.18. The Bertz CT molecular complexity index is 1450. The molecule has 0 bridgehead atoms. The van der Waals surface area contributed by atoms with Gasteiger partial charge in [0.2, 0.25) is 23.6 Å². The van der Waals surface area contributed by atoms with E-state index in [4.69, 9.17) is 14.2 Å². The maximum absolute atomic E-state index is 12.2. The molecular formula is C38H58N8O14. The third-order valence-corrected chi connectivity index (χ3v) is 8.20. The lowest BCUT2D eigenvalue weighted by Crippen LogP contribution is -2.39. The topological polar surface area (TPSA) is 294 Å². The molecule has 0 unspecified atom stereocenters. The fraction of sp³-hybridized carbons (Fsp3) is 0.605. The molecule has 0 aromatic rings. The average molecular weight is 851 g/mol. The Morgan fingerprint density at radius 2 is 0.933 bits per heavy atom. The number of nitrogens with one attached hydrogen (secondary N) is 6. The van der Waals surface area contributed by atoms with Crippen molar-refractivity contribution in [3.63, 3.8) is 0 Å². The molecule has 334 valence electrons. The van der Waals surface area contributed by atoms with E-state index in [0.29, 0.717) is 19.7 Å². The van der Waals surface area contributed by atoms with Gasteiger partial charge in [-0.2, -0.15) is 0 Å². The van der Waals surface area contributed by atoms with Crippen molar-refractivity contribution < 1.29 is 67.0 Å². The smallest absolute Gasteiger partial charge is 0.407 e. The number of imide groups is 2. The first-order valence-corrected chi connectivity index (χ1v) is 19.7. The number of amides is 10. The molecule has 10 amide bonds. The normalized spacial score (nSPS) is 12.9. The molecule has 0 aliphatic carbocycles. The fourth-order valence-corrected chi connectivity index (χ4v) is 4.93. The summed E-state index contributed by atoms with van der Waals surface area (Å²) in [5, 5.41) is 15.2. The fourth-order valence-electron chi connectivity index (χ4n) is 4.93. The van der Waals surface area contributed by atoms with Gasteiger partial charge < -0.3 is 46.1 Å². The van der Waals surface area contributed by atoms with Crippen molar-refractivity contribution in [2.75, 3.05) is 72.2 Å². The minimum atomic E-state index is -0.863. The van der Waals surface area contributed by atoms with Crippen LogP contribution in [0.3, 0.4) is 0 Å². The first-order chi connectivity index (χ1) is 28.6. The minimum absolute atomic E-state index is 0.0505. The highest BCUT2D eigenvalue weighted by Crippen LogP contribution is 2.10. The van der Waals surface area contributed by atoms with Crippen LogP contribution in [-0.4, -0.2) is 153 Å². The number of unbranched alkanes of at least 4 members (excludes halogenated alkanes) is 1. The van der Waals surface area contributed by atoms with E-state index in [1.165, 1.54) is 6.92 Å². The minimum Gasteiger partial charge on any atom is -0.447 e. The number of carbonyl (C=O) groups is 11. The van der Waals surface area contributed by atoms with Crippen molar-refractivity contribution in [2.24, 2.45) is 5.92 Å². The van der Waals surface area contributed by atoms with Gasteiger partial charge in [-0.1, -0.05) is 13.3 Å². The van der Waals surface area contributed by atoms with E-state index >= 15 is 0 Å². The lowest BCUT2D eigenvalue weighted by atomic mass is 9.96. The Morgan fingerprint density at radius 3 is 1.27 bits per heavy atom. The highest BCUT2D eigenvalue weighted by molar-refractivity contribution is 6.13. The third-order valence-electron chi connectivity index (χ3n) is 8.20. The molecule has 0 saturated carbocycles. The summed E-state index contributed by atoms with van der Waals surface area (Å²) in [6, 6.07) is 0. The van der Waals surface area contributed by atoms with Crippen molar-refractivity contribution in [3.05, 3.63) is 24.3 Å². The maximum Gasteiger partial charge on any atom is 0.407 e. The van der Waals surface area contributed by atoms with Gasteiger partial charge in [0.1, 0.15) is 25.1 Å². The number of alkyl carbamates (subject to hydrolysis) is 2. The Kier molecular flexibility index (Phi) is 25.9. The van der Waals surface area contributed by atoms with Crippen LogP contribution in [0.2, 0.25) is 0 Å². The van der Waals surface area contributed by atoms with Crippen molar-refractivity contribution in [1.82, 2.24) is 41.7 Å². The third kappa shape index (κ3) is 22.7. The lowest BCUT2D eigenvalue weighted by molar-refractivity contribution is -0.139. The van der Waals surface area contributed by atoms with Crippen LogP contribution in [-0.2, 0) is 57.4 Å². The van der Waals surface area contributed by atoms with E-state index in [1.807, 2.05) is 0 Å². The van der Waals surface area contributed by atoms with Crippen LogP contribution in [0.25, 0.3) is 0 Å². The van der Waals surface area contributed by atoms with E-state index in [-0.39, 0.29) is 83.9 Å². The Balaban J connectivity index is 0.000000757. The molecule has 60 heavy (non-hydrogen) atoms. The summed E-state index contributed by atoms with van der Waals surface area (Å²) in [6.07, 6.45) is 4.30. The zero-order valence-corrected chi connectivity index (χ0v) is 34.6. The molecular weight excluding hydrogens is 792 g/mol. The summed E-state index contributed by atoms with van der Waals surface area (Å²) in [6.45, 7) is 8.75.